The molecule has 2 saturated heterocycles. The molecule has 0 radical (unpaired) electrons. The van der Waals surface area contributed by atoms with Crippen molar-refractivity contribution >= 4 is 12.0 Å². The molecule has 114 valence electrons. The number of carbonyl (C=O) groups is 2. The molecular weight excluding hydrogens is 258 g/mol. The van der Waals surface area contributed by atoms with E-state index in [1.807, 2.05) is 18.7 Å². The second-order valence-corrected chi connectivity index (χ2v) is 6.03. The fourth-order valence-electron chi connectivity index (χ4n) is 3.18. The van der Waals surface area contributed by atoms with Gasteiger partial charge in [-0.25, -0.2) is 4.79 Å². The van der Waals surface area contributed by atoms with Crippen molar-refractivity contribution in [2.24, 2.45) is 0 Å². The van der Waals surface area contributed by atoms with Crippen molar-refractivity contribution in [3.05, 3.63) is 0 Å². The topological polar surface area (TPSA) is 64.1 Å². The Balaban J connectivity index is 2.03. The first-order chi connectivity index (χ1) is 9.49. The molecule has 0 bridgehead atoms. The average molecular weight is 283 g/mol. The summed E-state index contributed by atoms with van der Waals surface area (Å²) >= 11 is 0. The lowest BCUT2D eigenvalue weighted by Crippen LogP contribution is -2.50. The molecule has 0 aliphatic carbocycles. The third-order valence-corrected chi connectivity index (χ3v) is 4.25. The van der Waals surface area contributed by atoms with Gasteiger partial charge in [0.05, 0.1) is 0 Å². The smallest absolute Gasteiger partial charge is 0.323 e. The van der Waals surface area contributed by atoms with Crippen LogP contribution in [0.3, 0.4) is 0 Å². The standard InChI is InChI=1S/C14H25N3O3/c1-11(2)17(10-13(18)19)14(20)16-8-4-7-15-6-3-5-12(15)9-16/h11-12H,3-10H2,1-2H3,(H,18,19). The summed E-state index contributed by atoms with van der Waals surface area (Å²) < 4.78 is 0. The van der Waals surface area contributed by atoms with Crippen LogP contribution in [0.2, 0.25) is 0 Å². The van der Waals surface area contributed by atoms with Crippen LogP contribution in [0, 0.1) is 0 Å². The Kier molecular flexibility index (Phi) is 4.86. The van der Waals surface area contributed by atoms with Gasteiger partial charge in [-0.15, -0.1) is 0 Å². The zero-order valence-electron chi connectivity index (χ0n) is 12.4. The van der Waals surface area contributed by atoms with Gasteiger partial charge in [-0.2, -0.15) is 0 Å². The molecule has 2 heterocycles. The van der Waals surface area contributed by atoms with E-state index in [9.17, 15) is 9.59 Å². The Bertz CT molecular complexity index is 373. The molecule has 2 rings (SSSR count). The molecular formula is C14H25N3O3. The van der Waals surface area contributed by atoms with Crippen LogP contribution in [0.4, 0.5) is 4.79 Å². The largest absolute Gasteiger partial charge is 0.480 e. The van der Waals surface area contributed by atoms with Gasteiger partial charge in [0.2, 0.25) is 0 Å². The predicted octanol–water partition coefficient (Wildman–Crippen LogP) is 1.07. The van der Waals surface area contributed by atoms with E-state index in [2.05, 4.69) is 4.90 Å². The van der Waals surface area contributed by atoms with Crippen LogP contribution in [0.5, 0.6) is 0 Å². The number of rotatable bonds is 3. The van der Waals surface area contributed by atoms with Gasteiger partial charge >= 0.3 is 12.0 Å². The van der Waals surface area contributed by atoms with Crippen LogP contribution in [0.25, 0.3) is 0 Å². The van der Waals surface area contributed by atoms with E-state index in [4.69, 9.17) is 5.11 Å². The molecule has 0 saturated carbocycles. The number of fused-ring (bicyclic) bond motifs is 1. The second kappa shape index (κ2) is 6.43. The third kappa shape index (κ3) is 3.42. The maximum absolute atomic E-state index is 12.6. The Hall–Kier alpha value is -1.30. The third-order valence-electron chi connectivity index (χ3n) is 4.25. The zero-order chi connectivity index (χ0) is 14.7. The highest BCUT2D eigenvalue weighted by Gasteiger charge is 2.33. The van der Waals surface area contributed by atoms with E-state index >= 15 is 0 Å². The fraction of sp³-hybridized carbons (Fsp3) is 0.857. The molecule has 1 unspecified atom stereocenters. The molecule has 0 spiro atoms. The Morgan fingerprint density at radius 2 is 1.95 bits per heavy atom. The molecule has 0 aromatic carbocycles. The highest BCUT2D eigenvalue weighted by Crippen LogP contribution is 2.22. The number of hydrogen-bond acceptors (Lipinski definition) is 3. The minimum Gasteiger partial charge on any atom is -0.480 e. The van der Waals surface area contributed by atoms with E-state index in [1.54, 1.807) is 0 Å². The van der Waals surface area contributed by atoms with Gasteiger partial charge in [-0.3, -0.25) is 9.69 Å². The zero-order valence-corrected chi connectivity index (χ0v) is 12.4. The summed E-state index contributed by atoms with van der Waals surface area (Å²) in [6, 6.07) is 0.234. The van der Waals surface area contributed by atoms with Crippen molar-refractivity contribution in [2.75, 3.05) is 32.7 Å². The summed E-state index contributed by atoms with van der Waals surface area (Å²) in [4.78, 5) is 29.3. The lowest BCUT2D eigenvalue weighted by Gasteiger charge is -2.33. The van der Waals surface area contributed by atoms with Crippen molar-refractivity contribution in [1.29, 1.82) is 0 Å². The SMILES string of the molecule is CC(C)N(CC(=O)O)C(=O)N1CCCN2CCCC2C1. The first-order valence-corrected chi connectivity index (χ1v) is 7.50. The van der Waals surface area contributed by atoms with Crippen LogP contribution in [-0.4, -0.2) is 76.6 Å². The Morgan fingerprint density at radius 1 is 1.25 bits per heavy atom. The number of carboxylic acids is 1. The molecule has 2 aliphatic heterocycles. The summed E-state index contributed by atoms with van der Waals surface area (Å²) in [5.74, 6) is -0.954. The molecule has 2 amide bonds. The van der Waals surface area contributed by atoms with Gasteiger partial charge in [0, 0.05) is 31.7 Å². The lowest BCUT2D eigenvalue weighted by atomic mass is 10.2. The maximum Gasteiger partial charge on any atom is 0.323 e. The number of amides is 2. The number of carboxylic acid groups (broad SMARTS) is 1. The van der Waals surface area contributed by atoms with E-state index in [-0.39, 0.29) is 18.6 Å². The van der Waals surface area contributed by atoms with Crippen molar-refractivity contribution < 1.29 is 14.7 Å². The van der Waals surface area contributed by atoms with E-state index in [0.717, 1.165) is 39.0 Å². The predicted molar refractivity (Wildman–Crippen MR) is 75.7 cm³/mol. The van der Waals surface area contributed by atoms with Crippen molar-refractivity contribution in [3.8, 4) is 0 Å². The molecule has 2 aliphatic rings. The summed E-state index contributed by atoms with van der Waals surface area (Å²) in [5, 5.41) is 8.97. The first kappa shape index (κ1) is 15.1. The molecule has 6 heteroatoms. The van der Waals surface area contributed by atoms with Crippen molar-refractivity contribution in [3.63, 3.8) is 0 Å². The molecule has 0 aromatic rings. The van der Waals surface area contributed by atoms with E-state index < -0.39 is 5.97 Å². The molecule has 1 atom stereocenters. The second-order valence-electron chi connectivity index (χ2n) is 6.03. The lowest BCUT2D eigenvalue weighted by molar-refractivity contribution is -0.138. The maximum atomic E-state index is 12.6. The van der Waals surface area contributed by atoms with Gasteiger partial charge in [0.15, 0.2) is 0 Å². The highest BCUT2D eigenvalue weighted by atomic mass is 16.4. The van der Waals surface area contributed by atoms with E-state index in [0.29, 0.717) is 6.04 Å². The summed E-state index contributed by atoms with van der Waals surface area (Å²) in [6.07, 6.45) is 3.32. The van der Waals surface area contributed by atoms with Gasteiger partial charge in [0.1, 0.15) is 6.54 Å². The van der Waals surface area contributed by atoms with Crippen LogP contribution in [0.1, 0.15) is 33.1 Å². The number of nitrogens with zero attached hydrogens (tertiary/aromatic N) is 3. The van der Waals surface area contributed by atoms with Crippen LogP contribution < -0.4 is 0 Å². The van der Waals surface area contributed by atoms with Gasteiger partial charge in [0.25, 0.3) is 0 Å². The Labute approximate surface area is 120 Å². The molecule has 2 fully saturated rings. The first-order valence-electron chi connectivity index (χ1n) is 7.50. The van der Waals surface area contributed by atoms with Crippen LogP contribution in [0.15, 0.2) is 0 Å². The number of urea groups is 1. The van der Waals surface area contributed by atoms with Gasteiger partial charge < -0.3 is 14.9 Å². The van der Waals surface area contributed by atoms with E-state index in [1.165, 1.54) is 11.3 Å². The van der Waals surface area contributed by atoms with Gasteiger partial charge in [-0.1, -0.05) is 0 Å². The molecule has 6 nitrogen and oxygen atoms in total. The molecule has 0 aromatic heterocycles. The number of carbonyl (C=O) groups excluding carboxylic acids is 1. The summed E-state index contributed by atoms with van der Waals surface area (Å²) in [5.41, 5.74) is 0. The molecule has 20 heavy (non-hydrogen) atoms. The minimum absolute atomic E-state index is 0.0958. The monoisotopic (exact) mass is 283 g/mol. The van der Waals surface area contributed by atoms with Crippen molar-refractivity contribution in [1.82, 2.24) is 14.7 Å². The van der Waals surface area contributed by atoms with Crippen molar-refractivity contribution in [2.45, 2.75) is 45.2 Å². The Morgan fingerprint density at radius 3 is 2.60 bits per heavy atom. The average Bonchev–Trinajstić information content (AvgIpc) is 2.72. The highest BCUT2D eigenvalue weighted by molar-refractivity contribution is 5.80. The van der Waals surface area contributed by atoms with Crippen LogP contribution >= 0.6 is 0 Å². The van der Waals surface area contributed by atoms with Crippen LogP contribution in [-0.2, 0) is 4.79 Å². The minimum atomic E-state index is -0.954. The fourth-order valence-corrected chi connectivity index (χ4v) is 3.18. The quantitative estimate of drug-likeness (QED) is 0.841. The summed E-state index contributed by atoms with van der Waals surface area (Å²) in [7, 11) is 0. The number of hydrogen-bond donors (Lipinski definition) is 1. The normalized spacial score (nSPS) is 23.6. The number of aliphatic carboxylic acids is 1. The summed E-state index contributed by atoms with van der Waals surface area (Å²) in [6.45, 7) is 7.16. The van der Waals surface area contributed by atoms with Gasteiger partial charge in [-0.05, 0) is 39.7 Å². The molecule has 1 N–H and O–H groups in total.